The highest BCUT2D eigenvalue weighted by Crippen LogP contribution is 2.37. The zero-order valence-corrected chi connectivity index (χ0v) is 17.8. The van der Waals surface area contributed by atoms with Gasteiger partial charge in [0.1, 0.15) is 4.88 Å². The molecule has 3 aromatic rings. The number of benzene rings is 2. The van der Waals surface area contributed by atoms with Gasteiger partial charge in [0, 0.05) is 22.3 Å². The van der Waals surface area contributed by atoms with Crippen LogP contribution in [0.25, 0.3) is 10.1 Å². The predicted octanol–water partition coefficient (Wildman–Crippen LogP) is 6.13. The van der Waals surface area contributed by atoms with Crippen LogP contribution in [-0.2, 0) is 11.3 Å². The zero-order valence-electron chi connectivity index (χ0n) is 13.9. The minimum absolute atomic E-state index is 0.381. The first-order chi connectivity index (χ1) is 12.9. The van der Waals surface area contributed by atoms with Crippen LogP contribution in [0.1, 0.15) is 15.2 Å². The molecule has 0 fully saturated rings. The molecule has 0 aliphatic heterocycles. The van der Waals surface area contributed by atoms with E-state index in [9.17, 15) is 4.79 Å². The second-order valence-electron chi connectivity index (χ2n) is 5.50. The minimum atomic E-state index is -0.450. The number of esters is 1. The van der Waals surface area contributed by atoms with Gasteiger partial charge < -0.3 is 15.4 Å². The molecule has 0 spiro atoms. The summed E-state index contributed by atoms with van der Waals surface area (Å²) in [5, 5.41) is 8.87. The summed E-state index contributed by atoms with van der Waals surface area (Å²) < 4.78 is 5.61. The molecule has 0 radical (unpaired) electrons. The number of carbonyl (C=O) groups excluding carboxylic acids is 1. The first-order valence-electron chi connectivity index (χ1n) is 7.68. The fraction of sp³-hybridized carbons (Fsp3) is 0.111. The number of anilines is 1. The molecule has 0 aliphatic carbocycles. The number of thiocarbonyl (C=S) groups is 1. The van der Waals surface area contributed by atoms with E-state index in [0.29, 0.717) is 31.6 Å². The summed E-state index contributed by atoms with van der Waals surface area (Å²) in [6.07, 6.45) is 0. The lowest BCUT2D eigenvalue weighted by Crippen LogP contribution is -2.27. The largest absolute Gasteiger partial charge is 0.465 e. The van der Waals surface area contributed by atoms with Gasteiger partial charge in [0.15, 0.2) is 5.11 Å². The number of hydrogen-bond donors (Lipinski definition) is 2. The van der Waals surface area contributed by atoms with E-state index in [1.807, 2.05) is 24.3 Å². The molecule has 2 N–H and O–H groups in total. The number of ether oxygens (including phenoxy) is 1. The molecule has 9 heteroatoms. The Bertz CT molecular complexity index is 1040. The summed E-state index contributed by atoms with van der Waals surface area (Å²) in [5.74, 6) is -0.450. The van der Waals surface area contributed by atoms with Gasteiger partial charge in [0.25, 0.3) is 0 Å². The Morgan fingerprint density at radius 1 is 1.15 bits per heavy atom. The molecule has 0 amide bonds. The number of nitrogens with one attached hydrogen (secondary N) is 2. The van der Waals surface area contributed by atoms with Crippen molar-refractivity contribution in [3.63, 3.8) is 0 Å². The molecule has 4 nitrogen and oxygen atoms in total. The number of fused-ring (bicyclic) bond motifs is 1. The number of carbonyl (C=O) groups is 1. The summed E-state index contributed by atoms with van der Waals surface area (Å²) in [7, 11) is 1.33. The summed E-state index contributed by atoms with van der Waals surface area (Å²) in [6.45, 7) is 0.502. The third-order valence-electron chi connectivity index (χ3n) is 3.70. The van der Waals surface area contributed by atoms with Crippen LogP contribution >= 0.6 is 58.4 Å². The third kappa shape index (κ3) is 4.65. The van der Waals surface area contributed by atoms with E-state index in [0.717, 1.165) is 21.3 Å². The normalized spacial score (nSPS) is 10.7. The monoisotopic (exact) mass is 458 g/mol. The summed E-state index contributed by atoms with van der Waals surface area (Å²) >= 11 is 24.8. The Labute approximate surface area is 180 Å². The lowest BCUT2D eigenvalue weighted by atomic mass is 10.2. The summed E-state index contributed by atoms with van der Waals surface area (Å²) in [6, 6.07) is 11.0. The molecule has 0 unspecified atom stereocenters. The van der Waals surface area contributed by atoms with Gasteiger partial charge in [0.2, 0.25) is 0 Å². The number of halogens is 3. The molecule has 27 heavy (non-hydrogen) atoms. The molecular formula is C18H13Cl3N2O2S2. The number of thiophene rings is 1. The van der Waals surface area contributed by atoms with Gasteiger partial charge in [-0.1, -0.05) is 40.9 Å². The predicted molar refractivity (Wildman–Crippen MR) is 118 cm³/mol. The van der Waals surface area contributed by atoms with Crippen molar-refractivity contribution in [3.8, 4) is 0 Å². The van der Waals surface area contributed by atoms with Gasteiger partial charge in [-0.15, -0.1) is 11.3 Å². The maximum atomic E-state index is 11.8. The van der Waals surface area contributed by atoms with E-state index in [1.54, 1.807) is 12.1 Å². The van der Waals surface area contributed by atoms with E-state index in [-0.39, 0.29) is 0 Å². The average Bonchev–Trinajstić information content (AvgIpc) is 2.98. The number of rotatable bonds is 4. The van der Waals surface area contributed by atoms with E-state index in [2.05, 4.69) is 10.6 Å². The second-order valence-corrected chi connectivity index (χ2v) is 8.16. The summed E-state index contributed by atoms with van der Waals surface area (Å²) in [5.41, 5.74) is 1.74. The van der Waals surface area contributed by atoms with Gasteiger partial charge in [-0.2, -0.15) is 0 Å². The molecule has 0 atom stereocenters. The summed E-state index contributed by atoms with van der Waals surface area (Å²) in [4.78, 5) is 12.2. The van der Waals surface area contributed by atoms with E-state index in [4.69, 9.17) is 51.8 Å². The highest BCUT2D eigenvalue weighted by molar-refractivity contribution is 7.80. The van der Waals surface area contributed by atoms with Crippen LogP contribution in [0.5, 0.6) is 0 Å². The fourth-order valence-electron chi connectivity index (χ4n) is 2.37. The van der Waals surface area contributed by atoms with Gasteiger partial charge in [-0.05, 0) is 48.1 Å². The van der Waals surface area contributed by atoms with Crippen molar-refractivity contribution in [2.24, 2.45) is 0 Å². The van der Waals surface area contributed by atoms with Crippen molar-refractivity contribution in [1.29, 1.82) is 0 Å². The Morgan fingerprint density at radius 2 is 1.93 bits per heavy atom. The van der Waals surface area contributed by atoms with Gasteiger partial charge in [0.05, 0.1) is 22.2 Å². The first-order valence-corrected chi connectivity index (χ1v) is 10.0. The molecule has 140 valence electrons. The smallest absolute Gasteiger partial charge is 0.349 e. The van der Waals surface area contributed by atoms with Gasteiger partial charge >= 0.3 is 5.97 Å². The third-order valence-corrected chi connectivity index (χ3v) is 6.32. The van der Waals surface area contributed by atoms with Crippen LogP contribution in [0, 0.1) is 0 Å². The van der Waals surface area contributed by atoms with Gasteiger partial charge in [-0.3, -0.25) is 0 Å². The molecule has 2 aromatic carbocycles. The van der Waals surface area contributed by atoms with Crippen LogP contribution in [0.3, 0.4) is 0 Å². The molecular weight excluding hydrogens is 447 g/mol. The van der Waals surface area contributed by atoms with Crippen molar-refractivity contribution in [1.82, 2.24) is 5.32 Å². The van der Waals surface area contributed by atoms with E-state index < -0.39 is 5.97 Å². The molecule has 0 aliphatic rings. The van der Waals surface area contributed by atoms with Crippen molar-refractivity contribution < 1.29 is 9.53 Å². The lowest BCUT2D eigenvalue weighted by Gasteiger charge is -2.11. The van der Waals surface area contributed by atoms with Crippen LogP contribution in [0.2, 0.25) is 15.1 Å². The zero-order chi connectivity index (χ0) is 19.6. The standard InChI is InChI=1S/C18H13Cl3N2O2S2/c1-25-17(24)16-15(21)11-4-3-10(7-14(11)27-16)23-18(26)22-8-9-2-5-12(19)13(20)6-9/h2-7H,8H2,1H3,(H2,22,23,26). The first kappa shape index (κ1) is 20.2. The highest BCUT2D eigenvalue weighted by Gasteiger charge is 2.17. The van der Waals surface area contributed by atoms with Crippen molar-refractivity contribution in [2.75, 3.05) is 12.4 Å². The van der Waals surface area contributed by atoms with Crippen LogP contribution in [-0.4, -0.2) is 18.2 Å². The maximum Gasteiger partial charge on any atom is 0.349 e. The molecule has 1 aromatic heterocycles. The highest BCUT2D eigenvalue weighted by atomic mass is 35.5. The van der Waals surface area contributed by atoms with Crippen LogP contribution in [0.4, 0.5) is 5.69 Å². The molecule has 0 bridgehead atoms. The van der Waals surface area contributed by atoms with Crippen LogP contribution in [0.15, 0.2) is 36.4 Å². The Balaban J connectivity index is 1.69. The Morgan fingerprint density at radius 3 is 2.63 bits per heavy atom. The number of methoxy groups -OCH3 is 1. The second kappa shape index (κ2) is 8.63. The Kier molecular flexibility index (Phi) is 6.44. The molecule has 3 rings (SSSR count). The number of hydrogen-bond acceptors (Lipinski definition) is 4. The lowest BCUT2D eigenvalue weighted by molar-refractivity contribution is 0.0606. The quantitative estimate of drug-likeness (QED) is 0.363. The van der Waals surface area contributed by atoms with E-state index in [1.165, 1.54) is 18.4 Å². The maximum absolute atomic E-state index is 11.8. The minimum Gasteiger partial charge on any atom is -0.465 e. The van der Waals surface area contributed by atoms with Crippen molar-refractivity contribution >= 4 is 85.2 Å². The van der Waals surface area contributed by atoms with Crippen molar-refractivity contribution in [3.05, 3.63) is 61.9 Å². The van der Waals surface area contributed by atoms with E-state index >= 15 is 0 Å². The SMILES string of the molecule is COC(=O)c1sc2cc(NC(=S)NCc3ccc(Cl)c(Cl)c3)ccc2c1Cl. The topological polar surface area (TPSA) is 50.4 Å². The molecule has 1 heterocycles. The molecule has 0 saturated heterocycles. The van der Waals surface area contributed by atoms with Crippen molar-refractivity contribution in [2.45, 2.75) is 6.54 Å². The van der Waals surface area contributed by atoms with Gasteiger partial charge in [-0.25, -0.2) is 4.79 Å². The molecule has 0 saturated carbocycles. The van der Waals surface area contributed by atoms with Crippen LogP contribution < -0.4 is 10.6 Å². The Hall–Kier alpha value is -1.57. The fourth-order valence-corrected chi connectivity index (χ4v) is 4.35. The average molecular weight is 460 g/mol.